The summed E-state index contributed by atoms with van der Waals surface area (Å²) in [5, 5.41) is 0. The number of halogens is 2. The van der Waals surface area contributed by atoms with Gasteiger partial charge in [0.1, 0.15) is 11.6 Å². The molecule has 4 heteroatoms. The number of nitrogens with zero attached hydrogens (tertiary/aromatic N) is 1. The van der Waals surface area contributed by atoms with Gasteiger partial charge in [-0.25, -0.2) is 8.78 Å². The Balaban J connectivity index is 2.16. The first kappa shape index (κ1) is 14.2. The van der Waals surface area contributed by atoms with Crippen LogP contribution in [-0.4, -0.2) is 17.9 Å². The van der Waals surface area contributed by atoms with Gasteiger partial charge in [-0.05, 0) is 36.2 Å². The second-order valence-electron chi connectivity index (χ2n) is 4.72. The zero-order valence-electron chi connectivity index (χ0n) is 11.4. The van der Waals surface area contributed by atoms with Crippen LogP contribution in [0.4, 0.5) is 8.78 Å². The summed E-state index contributed by atoms with van der Waals surface area (Å²) in [4.78, 5) is 13.6. The fourth-order valence-corrected chi connectivity index (χ4v) is 1.95. The minimum atomic E-state index is -0.497. The van der Waals surface area contributed by atoms with E-state index in [1.807, 2.05) is 0 Å². The van der Waals surface area contributed by atoms with Crippen molar-refractivity contribution >= 4 is 5.91 Å². The molecule has 0 aliphatic carbocycles. The van der Waals surface area contributed by atoms with Crippen LogP contribution in [0, 0.1) is 18.6 Å². The first-order valence-electron chi connectivity index (χ1n) is 6.24. The molecule has 0 spiro atoms. The summed E-state index contributed by atoms with van der Waals surface area (Å²) < 4.78 is 26.7. The van der Waals surface area contributed by atoms with E-state index >= 15 is 0 Å². The number of hydrogen-bond donors (Lipinski definition) is 0. The summed E-state index contributed by atoms with van der Waals surface area (Å²) in [6.07, 6.45) is 0. The Labute approximate surface area is 116 Å². The lowest BCUT2D eigenvalue weighted by atomic mass is 10.1. The van der Waals surface area contributed by atoms with Crippen molar-refractivity contribution in [3.63, 3.8) is 0 Å². The fourth-order valence-electron chi connectivity index (χ4n) is 1.95. The van der Waals surface area contributed by atoms with Crippen molar-refractivity contribution in [2.24, 2.45) is 0 Å². The first-order valence-corrected chi connectivity index (χ1v) is 6.24. The van der Waals surface area contributed by atoms with Gasteiger partial charge in [-0.2, -0.15) is 0 Å². The van der Waals surface area contributed by atoms with Gasteiger partial charge < -0.3 is 4.90 Å². The van der Waals surface area contributed by atoms with Gasteiger partial charge in [0, 0.05) is 13.6 Å². The molecule has 2 aromatic carbocycles. The van der Waals surface area contributed by atoms with Crippen LogP contribution >= 0.6 is 0 Å². The van der Waals surface area contributed by atoms with E-state index in [2.05, 4.69) is 0 Å². The molecule has 2 nitrogen and oxygen atoms in total. The highest BCUT2D eigenvalue weighted by Gasteiger charge is 2.17. The molecule has 0 aromatic heterocycles. The second-order valence-corrected chi connectivity index (χ2v) is 4.72. The molecule has 0 aliphatic heterocycles. The number of amides is 1. The molecule has 0 radical (unpaired) electrons. The second kappa shape index (κ2) is 5.82. The highest BCUT2D eigenvalue weighted by atomic mass is 19.1. The number of benzene rings is 2. The van der Waals surface area contributed by atoms with Gasteiger partial charge in [-0.1, -0.05) is 24.3 Å². The molecule has 20 heavy (non-hydrogen) atoms. The molecule has 0 saturated carbocycles. The zero-order valence-corrected chi connectivity index (χ0v) is 11.4. The number of rotatable bonds is 3. The summed E-state index contributed by atoms with van der Waals surface area (Å²) in [5.74, 6) is -1.22. The summed E-state index contributed by atoms with van der Waals surface area (Å²) in [5.41, 5.74) is 1.27. The van der Waals surface area contributed by atoms with E-state index in [4.69, 9.17) is 0 Å². The Kier molecular flexibility index (Phi) is 4.13. The van der Waals surface area contributed by atoms with E-state index < -0.39 is 11.7 Å². The Morgan fingerprint density at radius 1 is 1.10 bits per heavy atom. The van der Waals surface area contributed by atoms with Crippen LogP contribution < -0.4 is 0 Å². The van der Waals surface area contributed by atoms with E-state index in [-0.39, 0.29) is 11.4 Å². The third-order valence-corrected chi connectivity index (χ3v) is 3.10. The maximum atomic E-state index is 13.9. The van der Waals surface area contributed by atoms with Crippen molar-refractivity contribution in [3.05, 3.63) is 70.8 Å². The molecule has 0 bridgehead atoms. The highest BCUT2D eigenvalue weighted by Crippen LogP contribution is 2.15. The lowest BCUT2D eigenvalue weighted by Crippen LogP contribution is -2.27. The third-order valence-electron chi connectivity index (χ3n) is 3.10. The predicted octanol–water partition coefficient (Wildman–Crippen LogP) is 3.55. The molecule has 0 N–H and O–H groups in total. The monoisotopic (exact) mass is 275 g/mol. The van der Waals surface area contributed by atoms with E-state index in [1.54, 1.807) is 38.2 Å². The number of hydrogen-bond acceptors (Lipinski definition) is 1. The molecular weight excluding hydrogens is 260 g/mol. The van der Waals surface area contributed by atoms with Gasteiger partial charge in [-0.15, -0.1) is 0 Å². The van der Waals surface area contributed by atoms with E-state index in [1.165, 1.54) is 23.1 Å². The molecule has 0 heterocycles. The Morgan fingerprint density at radius 2 is 1.75 bits per heavy atom. The zero-order chi connectivity index (χ0) is 14.7. The standard InChI is InChI=1S/C16H15F2NO/c1-11-4-3-5-14(15(11)18)16(20)19(2)10-12-6-8-13(17)9-7-12/h3-9H,10H2,1-2H3. The van der Waals surface area contributed by atoms with Gasteiger partial charge in [0.15, 0.2) is 0 Å². The minimum Gasteiger partial charge on any atom is -0.337 e. The Hall–Kier alpha value is -2.23. The van der Waals surface area contributed by atoms with Crippen LogP contribution in [0.2, 0.25) is 0 Å². The van der Waals surface area contributed by atoms with Crippen LogP contribution in [0.1, 0.15) is 21.5 Å². The molecule has 1 amide bonds. The first-order chi connectivity index (χ1) is 9.49. The minimum absolute atomic E-state index is 0.0506. The Morgan fingerprint density at radius 3 is 2.40 bits per heavy atom. The molecule has 0 aliphatic rings. The van der Waals surface area contributed by atoms with Crippen LogP contribution in [0.5, 0.6) is 0 Å². The molecule has 0 unspecified atom stereocenters. The molecule has 2 aromatic rings. The van der Waals surface area contributed by atoms with Crippen molar-refractivity contribution < 1.29 is 13.6 Å². The average molecular weight is 275 g/mol. The van der Waals surface area contributed by atoms with Crippen LogP contribution in [-0.2, 0) is 6.54 Å². The Bertz CT molecular complexity index is 623. The molecule has 0 fully saturated rings. The normalized spacial score (nSPS) is 10.4. The van der Waals surface area contributed by atoms with Crippen molar-refractivity contribution in [3.8, 4) is 0 Å². The predicted molar refractivity (Wildman–Crippen MR) is 73.3 cm³/mol. The summed E-state index contributed by atoms with van der Waals surface area (Å²) in [6.45, 7) is 1.92. The van der Waals surface area contributed by atoms with Crippen molar-refractivity contribution in [2.75, 3.05) is 7.05 Å². The van der Waals surface area contributed by atoms with Crippen LogP contribution in [0.15, 0.2) is 42.5 Å². The molecule has 104 valence electrons. The van der Waals surface area contributed by atoms with Crippen LogP contribution in [0.25, 0.3) is 0 Å². The van der Waals surface area contributed by atoms with E-state index in [0.717, 1.165) is 5.56 Å². The van der Waals surface area contributed by atoms with Gasteiger partial charge in [0.25, 0.3) is 5.91 Å². The van der Waals surface area contributed by atoms with Crippen LogP contribution in [0.3, 0.4) is 0 Å². The highest BCUT2D eigenvalue weighted by molar-refractivity contribution is 5.94. The number of aryl methyl sites for hydroxylation is 1. The fraction of sp³-hybridized carbons (Fsp3) is 0.188. The molecule has 0 atom stereocenters. The summed E-state index contributed by atoms with van der Waals surface area (Å²) in [6, 6.07) is 10.6. The number of carbonyl (C=O) groups is 1. The van der Waals surface area contributed by atoms with Crippen molar-refractivity contribution in [1.29, 1.82) is 0 Å². The molecular formula is C16H15F2NO. The number of carbonyl (C=O) groups excluding carboxylic acids is 1. The van der Waals surface area contributed by atoms with Crippen molar-refractivity contribution in [2.45, 2.75) is 13.5 Å². The summed E-state index contributed by atoms with van der Waals surface area (Å²) >= 11 is 0. The maximum absolute atomic E-state index is 13.9. The molecule has 0 saturated heterocycles. The summed E-state index contributed by atoms with van der Waals surface area (Å²) in [7, 11) is 1.59. The maximum Gasteiger partial charge on any atom is 0.256 e. The quantitative estimate of drug-likeness (QED) is 0.839. The van der Waals surface area contributed by atoms with E-state index in [9.17, 15) is 13.6 Å². The van der Waals surface area contributed by atoms with Gasteiger partial charge >= 0.3 is 0 Å². The smallest absolute Gasteiger partial charge is 0.256 e. The SMILES string of the molecule is Cc1cccc(C(=O)N(C)Cc2ccc(F)cc2)c1F. The topological polar surface area (TPSA) is 20.3 Å². The lowest BCUT2D eigenvalue weighted by molar-refractivity contribution is 0.0780. The largest absolute Gasteiger partial charge is 0.337 e. The van der Waals surface area contributed by atoms with E-state index in [0.29, 0.717) is 12.1 Å². The third kappa shape index (κ3) is 3.02. The van der Waals surface area contributed by atoms with Gasteiger partial charge in [-0.3, -0.25) is 4.79 Å². The van der Waals surface area contributed by atoms with Gasteiger partial charge in [0.05, 0.1) is 5.56 Å². The lowest BCUT2D eigenvalue weighted by Gasteiger charge is -2.18. The molecule has 2 rings (SSSR count). The van der Waals surface area contributed by atoms with Crippen molar-refractivity contribution in [1.82, 2.24) is 4.90 Å². The average Bonchev–Trinajstić information content (AvgIpc) is 2.43. The van der Waals surface area contributed by atoms with Gasteiger partial charge in [0.2, 0.25) is 0 Å².